The SMILES string of the molecule is CC(C)CCC[C@@H](C)[C@H]1CC[C@H]2[C@@H]3CC(=O)C4CCC(O)C[C@]4(C)[C@H]3CC[C@]12C. The highest BCUT2D eigenvalue weighted by Crippen LogP contribution is 2.67. The van der Waals surface area contributed by atoms with Crippen LogP contribution in [0.4, 0.5) is 0 Å². The third-order valence-corrected chi connectivity index (χ3v) is 10.6. The first-order chi connectivity index (χ1) is 13.7. The summed E-state index contributed by atoms with van der Waals surface area (Å²) in [6, 6.07) is 0. The Morgan fingerprint density at radius 3 is 2.41 bits per heavy atom. The number of aliphatic hydroxyl groups excluding tert-OH is 1. The van der Waals surface area contributed by atoms with Crippen molar-refractivity contribution in [1.82, 2.24) is 0 Å². The minimum Gasteiger partial charge on any atom is -0.393 e. The lowest BCUT2D eigenvalue weighted by Crippen LogP contribution is -2.57. The molecule has 0 heterocycles. The van der Waals surface area contributed by atoms with Crippen LogP contribution in [0.15, 0.2) is 0 Å². The van der Waals surface area contributed by atoms with E-state index in [0.29, 0.717) is 23.0 Å². The van der Waals surface area contributed by atoms with Gasteiger partial charge < -0.3 is 5.11 Å². The molecule has 4 rings (SSSR count). The van der Waals surface area contributed by atoms with E-state index in [1.807, 2.05) is 0 Å². The van der Waals surface area contributed by atoms with Crippen LogP contribution >= 0.6 is 0 Å². The van der Waals surface area contributed by atoms with Crippen LogP contribution in [0.5, 0.6) is 0 Å². The number of rotatable bonds is 5. The van der Waals surface area contributed by atoms with Gasteiger partial charge in [0.2, 0.25) is 0 Å². The number of hydrogen-bond donors (Lipinski definition) is 1. The molecule has 0 aromatic heterocycles. The van der Waals surface area contributed by atoms with Crippen molar-refractivity contribution in [3.05, 3.63) is 0 Å². The van der Waals surface area contributed by atoms with Crippen molar-refractivity contribution in [2.75, 3.05) is 0 Å². The van der Waals surface area contributed by atoms with E-state index in [2.05, 4.69) is 34.6 Å². The summed E-state index contributed by atoms with van der Waals surface area (Å²) in [7, 11) is 0. The maximum atomic E-state index is 13.2. The third kappa shape index (κ3) is 3.64. The van der Waals surface area contributed by atoms with Crippen molar-refractivity contribution < 1.29 is 9.90 Å². The van der Waals surface area contributed by atoms with Gasteiger partial charge in [-0.05, 0) is 91.3 Å². The van der Waals surface area contributed by atoms with Crippen molar-refractivity contribution >= 4 is 5.78 Å². The van der Waals surface area contributed by atoms with E-state index in [1.165, 1.54) is 44.9 Å². The van der Waals surface area contributed by atoms with Gasteiger partial charge in [-0.15, -0.1) is 0 Å². The fourth-order valence-electron chi connectivity index (χ4n) is 9.17. The Morgan fingerprint density at radius 1 is 0.966 bits per heavy atom. The highest BCUT2D eigenvalue weighted by atomic mass is 16.3. The van der Waals surface area contributed by atoms with E-state index in [0.717, 1.165) is 49.4 Å². The Bertz CT molecular complexity index is 612. The predicted molar refractivity (Wildman–Crippen MR) is 119 cm³/mol. The molecule has 0 radical (unpaired) electrons. The predicted octanol–water partition coefficient (Wildman–Crippen LogP) is 6.65. The molecule has 29 heavy (non-hydrogen) atoms. The molecule has 0 aromatic carbocycles. The summed E-state index contributed by atoms with van der Waals surface area (Å²) in [6.07, 6.45) is 12.8. The molecule has 4 aliphatic rings. The molecule has 166 valence electrons. The van der Waals surface area contributed by atoms with Gasteiger partial charge >= 0.3 is 0 Å². The number of carbonyl (C=O) groups is 1. The van der Waals surface area contributed by atoms with Crippen LogP contribution in [0.1, 0.15) is 105 Å². The topological polar surface area (TPSA) is 37.3 Å². The number of ketones is 1. The number of Topliss-reactive ketones (excluding diaryl/α,β-unsaturated/α-hetero) is 1. The number of fused-ring (bicyclic) bond motifs is 5. The first kappa shape index (κ1) is 21.8. The zero-order valence-corrected chi connectivity index (χ0v) is 19.8. The summed E-state index contributed by atoms with van der Waals surface area (Å²) in [5, 5.41) is 10.5. The summed E-state index contributed by atoms with van der Waals surface area (Å²) >= 11 is 0. The fraction of sp³-hybridized carbons (Fsp3) is 0.963. The summed E-state index contributed by atoms with van der Waals surface area (Å²) in [5.74, 6) is 5.23. The first-order valence-corrected chi connectivity index (χ1v) is 12.9. The lowest BCUT2D eigenvalue weighted by atomic mass is 9.44. The van der Waals surface area contributed by atoms with Gasteiger partial charge in [0.15, 0.2) is 0 Å². The van der Waals surface area contributed by atoms with Crippen LogP contribution in [-0.4, -0.2) is 17.0 Å². The molecular weight excluding hydrogens is 356 g/mol. The van der Waals surface area contributed by atoms with Gasteiger partial charge in [0.1, 0.15) is 5.78 Å². The van der Waals surface area contributed by atoms with Crippen molar-refractivity contribution in [3.8, 4) is 0 Å². The van der Waals surface area contributed by atoms with Gasteiger partial charge in [-0.25, -0.2) is 0 Å². The molecule has 4 aliphatic carbocycles. The molecule has 2 heteroatoms. The summed E-state index contributed by atoms with van der Waals surface area (Å²) in [5.41, 5.74) is 0.495. The molecule has 0 spiro atoms. The van der Waals surface area contributed by atoms with Crippen LogP contribution in [0.2, 0.25) is 0 Å². The van der Waals surface area contributed by atoms with Crippen LogP contribution in [0, 0.1) is 52.3 Å². The van der Waals surface area contributed by atoms with Crippen LogP contribution in [-0.2, 0) is 4.79 Å². The second-order valence-corrected chi connectivity index (χ2v) is 12.6. The van der Waals surface area contributed by atoms with E-state index >= 15 is 0 Å². The third-order valence-electron chi connectivity index (χ3n) is 10.6. The summed E-state index contributed by atoms with van der Waals surface area (Å²) in [6.45, 7) is 12.2. The maximum Gasteiger partial charge on any atom is 0.136 e. The standard InChI is InChI=1S/C27H46O2/c1-17(2)7-6-8-18(3)21-11-12-22-20-15-25(29)24-10-9-19(28)16-27(24,5)23(20)13-14-26(21,22)4/h17-24,28H,6-16H2,1-5H3/t18-,19?,20+,21-,22+,23+,24?,26-,27-/m1/s1. The molecule has 0 saturated heterocycles. The smallest absolute Gasteiger partial charge is 0.136 e. The lowest BCUT2D eigenvalue weighted by Gasteiger charge is -2.60. The normalized spacial score (nSPS) is 48.2. The second kappa shape index (κ2) is 7.95. The van der Waals surface area contributed by atoms with Crippen molar-refractivity contribution in [1.29, 1.82) is 0 Å². The Morgan fingerprint density at radius 2 is 1.69 bits per heavy atom. The van der Waals surface area contributed by atoms with Gasteiger partial charge in [-0.3, -0.25) is 4.79 Å². The average molecular weight is 403 g/mol. The van der Waals surface area contributed by atoms with Crippen LogP contribution < -0.4 is 0 Å². The van der Waals surface area contributed by atoms with Crippen LogP contribution in [0.25, 0.3) is 0 Å². The van der Waals surface area contributed by atoms with Crippen molar-refractivity contribution in [2.45, 2.75) is 111 Å². The Labute approximate surface area is 179 Å². The molecule has 4 saturated carbocycles. The molecular formula is C27H46O2. The van der Waals surface area contributed by atoms with E-state index in [1.54, 1.807) is 0 Å². The molecule has 9 atom stereocenters. The van der Waals surface area contributed by atoms with E-state index in [9.17, 15) is 9.90 Å². The summed E-state index contributed by atoms with van der Waals surface area (Å²) in [4.78, 5) is 13.2. The van der Waals surface area contributed by atoms with Gasteiger partial charge in [-0.1, -0.05) is 53.9 Å². The molecule has 0 aromatic rings. The molecule has 0 amide bonds. The maximum absolute atomic E-state index is 13.2. The number of carbonyl (C=O) groups excluding carboxylic acids is 1. The van der Waals surface area contributed by atoms with Gasteiger partial charge in [-0.2, -0.15) is 0 Å². The molecule has 2 unspecified atom stereocenters. The van der Waals surface area contributed by atoms with E-state index < -0.39 is 0 Å². The van der Waals surface area contributed by atoms with E-state index in [4.69, 9.17) is 0 Å². The Balaban J connectivity index is 1.51. The van der Waals surface area contributed by atoms with Gasteiger partial charge in [0, 0.05) is 12.3 Å². The molecule has 2 nitrogen and oxygen atoms in total. The monoisotopic (exact) mass is 402 g/mol. The average Bonchev–Trinajstić information content (AvgIpc) is 2.98. The zero-order chi connectivity index (χ0) is 21.0. The fourth-order valence-corrected chi connectivity index (χ4v) is 9.17. The van der Waals surface area contributed by atoms with Crippen LogP contribution in [0.3, 0.4) is 0 Å². The quantitative estimate of drug-likeness (QED) is 0.559. The highest BCUT2D eigenvalue weighted by Gasteiger charge is 2.62. The highest BCUT2D eigenvalue weighted by molar-refractivity contribution is 5.83. The first-order valence-electron chi connectivity index (χ1n) is 12.9. The minimum atomic E-state index is -0.187. The lowest BCUT2D eigenvalue weighted by molar-refractivity contribution is -0.160. The van der Waals surface area contributed by atoms with Gasteiger partial charge in [0.05, 0.1) is 6.10 Å². The summed E-state index contributed by atoms with van der Waals surface area (Å²) < 4.78 is 0. The number of aliphatic hydroxyl groups is 1. The van der Waals surface area contributed by atoms with Gasteiger partial charge in [0.25, 0.3) is 0 Å². The van der Waals surface area contributed by atoms with E-state index in [-0.39, 0.29) is 17.4 Å². The Hall–Kier alpha value is -0.370. The zero-order valence-electron chi connectivity index (χ0n) is 19.8. The minimum absolute atomic E-state index is 0.0555. The number of hydrogen-bond acceptors (Lipinski definition) is 2. The molecule has 1 N–H and O–H groups in total. The van der Waals surface area contributed by atoms with Crippen molar-refractivity contribution in [3.63, 3.8) is 0 Å². The molecule has 0 aliphatic heterocycles. The second-order valence-electron chi connectivity index (χ2n) is 12.6. The largest absolute Gasteiger partial charge is 0.393 e. The Kier molecular flexibility index (Phi) is 5.99. The van der Waals surface area contributed by atoms with Crippen molar-refractivity contribution in [2.24, 2.45) is 52.3 Å². The molecule has 0 bridgehead atoms. The molecule has 4 fully saturated rings.